The van der Waals surface area contributed by atoms with Gasteiger partial charge in [0, 0.05) is 0 Å². The summed E-state index contributed by atoms with van der Waals surface area (Å²) in [5, 5.41) is 9.35. The smallest absolute Gasteiger partial charge is 0.103 e. The highest BCUT2D eigenvalue weighted by Crippen LogP contribution is 2.45. The Morgan fingerprint density at radius 3 is 2.40 bits per heavy atom. The fraction of sp³-hybridized carbons (Fsp3) is 1.00. The van der Waals surface area contributed by atoms with Crippen molar-refractivity contribution < 1.29 is 9.50 Å². The highest BCUT2D eigenvalue weighted by molar-refractivity contribution is 4.94. The Kier molecular flexibility index (Phi) is 1.44. The van der Waals surface area contributed by atoms with Gasteiger partial charge in [0.05, 0.1) is 6.10 Å². The first-order chi connectivity index (χ1) is 4.79. The lowest BCUT2D eigenvalue weighted by Gasteiger charge is -2.12. The molecule has 0 saturated heterocycles. The van der Waals surface area contributed by atoms with E-state index in [1.54, 1.807) is 0 Å². The highest BCUT2D eigenvalue weighted by atomic mass is 19.1. The molecule has 10 heavy (non-hydrogen) atoms. The molecule has 0 heterocycles. The van der Waals surface area contributed by atoms with Crippen LogP contribution in [0.4, 0.5) is 4.39 Å². The van der Waals surface area contributed by atoms with Crippen molar-refractivity contribution in [3.05, 3.63) is 0 Å². The van der Waals surface area contributed by atoms with Gasteiger partial charge in [-0.05, 0) is 37.5 Å². The predicted molar refractivity (Wildman–Crippen MR) is 36.4 cm³/mol. The van der Waals surface area contributed by atoms with Crippen molar-refractivity contribution in [3.63, 3.8) is 0 Å². The van der Waals surface area contributed by atoms with E-state index < -0.39 is 6.17 Å². The van der Waals surface area contributed by atoms with Crippen LogP contribution in [0.5, 0.6) is 0 Å². The van der Waals surface area contributed by atoms with E-state index in [0.717, 1.165) is 19.3 Å². The fourth-order valence-corrected chi connectivity index (χ4v) is 2.50. The van der Waals surface area contributed by atoms with Gasteiger partial charge in [-0.15, -0.1) is 0 Å². The molecule has 1 N–H and O–H groups in total. The largest absolute Gasteiger partial charge is 0.393 e. The first-order valence-corrected chi connectivity index (χ1v) is 4.11. The molecule has 0 aliphatic heterocycles. The van der Waals surface area contributed by atoms with Crippen LogP contribution in [0.15, 0.2) is 0 Å². The summed E-state index contributed by atoms with van der Waals surface area (Å²) in [5.74, 6) is 0.505. The first-order valence-electron chi connectivity index (χ1n) is 4.11. The Morgan fingerprint density at radius 1 is 1.00 bits per heavy atom. The number of hydrogen-bond acceptors (Lipinski definition) is 1. The molecule has 1 nitrogen and oxygen atoms in total. The third kappa shape index (κ3) is 0.782. The predicted octanol–water partition coefficient (Wildman–Crippen LogP) is 1.51. The van der Waals surface area contributed by atoms with E-state index in [1.165, 1.54) is 0 Å². The fourth-order valence-electron chi connectivity index (χ4n) is 2.50. The van der Waals surface area contributed by atoms with E-state index in [2.05, 4.69) is 0 Å². The van der Waals surface area contributed by atoms with Gasteiger partial charge in [-0.25, -0.2) is 4.39 Å². The van der Waals surface area contributed by atoms with Crippen LogP contribution >= 0.6 is 0 Å². The Labute approximate surface area is 60.2 Å². The minimum atomic E-state index is -0.609. The Morgan fingerprint density at radius 2 is 1.70 bits per heavy atom. The molecule has 0 unspecified atom stereocenters. The van der Waals surface area contributed by atoms with Gasteiger partial charge < -0.3 is 5.11 Å². The molecular formula is C8H13FO. The zero-order valence-electron chi connectivity index (χ0n) is 5.96. The number of aliphatic hydroxyl groups is 1. The maximum absolute atomic E-state index is 12.9. The molecule has 2 heteroatoms. The van der Waals surface area contributed by atoms with Crippen LogP contribution in [-0.4, -0.2) is 17.4 Å². The molecule has 0 bridgehead atoms. The van der Waals surface area contributed by atoms with Crippen molar-refractivity contribution in [1.82, 2.24) is 0 Å². The Balaban J connectivity index is 2.09. The molecule has 2 aliphatic carbocycles. The van der Waals surface area contributed by atoms with Gasteiger partial charge in [-0.2, -0.15) is 0 Å². The monoisotopic (exact) mass is 144 g/mol. The van der Waals surface area contributed by atoms with E-state index in [-0.39, 0.29) is 12.0 Å². The maximum Gasteiger partial charge on any atom is 0.103 e. The van der Waals surface area contributed by atoms with Crippen LogP contribution in [-0.2, 0) is 0 Å². The summed E-state index contributed by atoms with van der Waals surface area (Å²) in [7, 11) is 0. The lowest BCUT2D eigenvalue weighted by atomic mass is 9.99. The molecule has 2 saturated carbocycles. The molecule has 0 spiro atoms. The summed E-state index contributed by atoms with van der Waals surface area (Å²) >= 11 is 0. The van der Waals surface area contributed by atoms with Gasteiger partial charge in [0.15, 0.2) is 0 Å². The van der Waals surface area contributed by atoms with E-state index in [0.29, 0.717) is 12.3 Å². The molecule has 0 aromatic carbocycles. The third-order valence-corrected chi connectivity index (χ3v) is 3.08. The summed E-state index contributed by atoms with van der Waals surface area (Å²) in [6.45, 7) is 0. The third-order valence-electron chi connectivity index (χ3n) is 3.08. The van der Waals surface area contributed by atoms with Crippen molar-refractivity contribution in [2.24, 2.45) is 11.8 Å². The molecule has 0 radical (unpaired) electrons. The summed E-state index contributed by atoms with van der Waals surface area (Å²) in [4.78, 5) is 0. The molecule has 2 aliphatic rings. The summed E-state index contributed by atoms with van der Waals surface area (Å²) < 4.78 is 12.9. The van der Waals surface area contributed by atoms with Gasteiger partial charge in [0.25, 0.3) is 0 Å². The van der Waals surface area contributed by atoms with Crippen LogP contribution < -0.4 is 0 Å². The van der Waals surface area contributed by atoms with Crippen LogP contribution in [0.25, 0.3) is 0 Å². The van der Waals surface area contributed by atoms with Crippen LogP contribution in [0.2, 0.25) is 0 Å². The molecular weight excluding hydrogens is 131 g/mol. The standard InChI is InChI=1S/C8H13FO/c9-7-3-1-6-5(7)2-4-8(6)10/h5-8,10H,1-4H2/t5-,6-,7-,8+/m1/s1. The van der Waals surface area contributed by atoms with Crippen molar-refractivity contribution in [1.29, 1.82) is 0 Å². The highest BCUT2D eigenvalue weighted by Gasteiger charge is 2.44. The molecule has 2 fully saturated rings. The normalized spacial score (nSPS) is 53.4. The van der Waals surface area contributed by atoms with Crippen molar-refractivity contribution in [2.75, 3.05) is 0 Å². The average molecular weight is 144 g/mol. The maximum atomic E-state index is 12.9. The lowest BCUT2D eigenvalue weighted by molar-refractivity contribution is 0.121. The summed E-state index contributed by atoms with van der Waals surface area (Å²) in [5.41, 5.74) is 0. The van der Waals surface area contributed by atoms with Gasteiger partial charge in [-0.3, -0.25) is 0 Å². The quantitative estimate of drug-likeness (QED) is 0.546. The van der Waals surface area contributed by atoms with E-state index >= 15 is 0 Å². The van der Waals surface area contributed by atoms with Gasteiger partial charge in [-0.1, -0.05) is 0 Å². The van der Waals surface area contributed by atoms with Crippen molar-refractivity contribution in [3.8, 4) is 0 Å². The van der Waals surface area contributed by atoms with Crippen LogP contribution in [0, 0.1) is 11.8 Å². The number of aliphatic hydroxyl groups excluding tert-OH is 1. The molecule has 4 atom stereocenters. The molecule has 0 amide bonds. The second-order valence-electron chi connectivity index (χ2n) is 3.57. The van der Waals surface area contributed by atoms with Gasteiger partial charge in [0.2, 0.25) is 0 Å². The van der Waals surface area contributed by atoms with Gasteiger partial charge in [0.1, 0.15) is 6.17 Å². The minimum Gasteiger partial charge on any atom is -0.393 e. The van der Waals surface area contributed by atoms with Crippen LogP contribution in [0.3, 0.4) is 0 Å². The minimum absolute atomic E-state index is 0.189. The first kappa shape index (κ1) is 6.59. The average Bonchev–Trinajstić information content (AvgIpc) is 2.41. The zero-order chi connectivity index (χ0) is 7.14. The second kappa shape index (κ2) is 2.19. The van der Waals surface area contributed by atoms with Crippen molar-refractivity contribution in [2.45, 2.75) is 38.0 Å². The zero-order valence-corrected chi connectivity index (χ0v) is 5.96. The number of fused-ring (bicyclic) bond motifs is 1. The Hall–Kier alpha value is -0.110. The van der Waals surface area contributed by atoms with E-state index in [4.69, 9.17) is 0 Å². The SMILES string of the molecule is O[C@H]1CC[C@@H]2[C@H]1CC[C@H]2F. The number of alkyl halides is 1. The topological polar surface area (TPSA) is 20.2 Å². The second-order valence-corrected chi connectivity index (χ2v) is 3.57. The van der Waals surface area contributed by atoms with E-state index in [9.17, 15) is 9.50 Å². The molecule has 0 aromatic rings. The molecule has 0 aromatic heterocycles. The lowest BCUT2D eigenvalue weighted by Crippen LogP contribution is -2.16. The Bertz CT molecular complexity index is 121. The molecule has 2 rings (SSSR count). The number of halogens is 1. The molecule has 58 valence electrons. The number of rotatable bonds is 0. The van der Waals surface area contributed by atoms with E-state index in [1.807, 2.05) is 0 Å². The number of hydrogen-bond donors (Lipinski definition) is 1. The van der Waals surface area contributed by atoms with Crippen molar-refractivity contribution >= 4 is 0 Å². The van der Waals surface area contributed by atoms with Crippen LogP contribution in [0.1, 0.15) is 25.7 Å². The van der Waals surface area contributed by atoms with Gasteiger partial charge >= 0.3 is 0 Å². The summed E-state index contributed by atoms with van der Waals surface area (Å²) in [6, 6.07) is 0. The summed E-state index contributed by atoms with van der Waals surface area (Å²) in [6.07, 6.45) is 2.54.